The molecule has 0 saturated heterocycles. The highest BCUT2D eigenvalue weighted by Gasteiger charge is 2.23. The quantitative estimate of drug-likeness (QED) is 0.725. The van der Waals surface area contributed by atoms with Gasteiger partial charge in [0.2, 0.25) is 20.0 Å². The number of halogens is 2. The summed E-state index contributed by atoms with van der Waals surface area (Å²) < 4.78 is 50.2. The monoisotopic (exact) mass is 436 g/mol. The molecular formula is C16H18Cl2N2O4S2. The fourth-order valence-electron chi connectivity index (χ4n) is 2.38. The summed E-state index contributed by atoms with van der Waals surface area (Å²) in [7, 11) is -7.61. The number of hydrogen-bond donors (Lipinski definition) is 2. The van der Waals surface area contributed by atoms with Crippen LogP contribution in [0.3, 0.4) is 0 Å². The third-order valence-electron chi connectivity index (χ3n) is 3.81. The summed E-state index contributed by atoms with van der Waals surface area (Å²) in [5, 5.41) is 5.50. The van der Waals surface area contributed by atoms with Gasteiger partial charge in [-0.15, -0.1) is 0 Å². The van der Waals surface area contributed by atoms with Crippen molar-refractivity contribution in [3.8, 4) is 0 Å². The van der Waals surface area contributed by atoms with Gasteiger partial charge in [-0.3, -0.25) is 0 Å². The zero-order chi connectivity index (χ0) is 19.7. The van der Waals surface area contributed by atoms with Crippen LogP contribution in [0.15, 0.2) is 40.1 Å². The Morgan fingerprint density at radius 2 is 1.62 bits per heavy atom. The Morgan fingerprint density at radius 3 is 2.15 bits per heavy atom. The van der Waals surface area contributed by atoms with E-state index in [0.29, 0.717) is 22.6 Å². The molecule has 2 aromatic carbocycles. The summed E-state index contributed by atoms with van der Waals surface area (Å²) in [6, 6.07) is 7.53. The van der Waals surface area contributed by atoms with Crippen molar-refractivity contribution in [3.63, 3.8) is 0 Å². The summed E-state index contributed by atoms with van der Waals surface area (Å²) in [5.41, 5.74) is 1.71. The standard InChI is InChI=1S/C16H18Cl2N2O4S2/c1-10-9-14(17)11(2)16(15(10)18)26(23,24)20-8-7-12-3-5-13(6-4-12)25(19,21)22/h3-6,9,20H,7-8H2,1-2H3,(H2,19,21,22). The van der Waals surface area contributed by atoms with Crippen LogP contribution >= 0.6 is 23.2 Å². The smallest absolute Gasteiger partial charge is 0.225 e. The average molecular weight is 437 g/mol. The van der Waals surface area contributed by atoms with Gasteiger partial charge in [0.05, 0.1) is 9.92 Å². The predicted octanol–water partition coefficient (Wildman–Crippen LogP) is 2.78. The Kier molecular flexibility index (Phi) is 6.37. The maximum absolute atomic E-state index is 12.6. The van der Waals surface area contributed by atoms with E-state index < -0.39 is 20.0 Å². The minimum Gasteiger partial charge on any atom is -0.225 e. The van der Waals surface area contributed by atoms with Crippen LogP contribution in [-0.4, -0.2) is 23.4 Å². The van der Waals surface area contributed by atoms with Gasteiger partial charge in [0.25, 0.3) is 0 Å². The third kappa shape index (κ3) is 4.76. The van der Waals surface area contributed by atoms with Crippen molar-refractivity contribution < 1.29 is 16.8 Å². The number of aryl methyl sites for hydroxylation is 1. The van der Waals surface area contributed by atoms with Crippen molar-refractivity contribution in [2.24, 2.45) is 5.14 Å². The van der Waals surface area contributed by atoms with Crippen LogP contribution in [0.4, 0.5) is 0 Å². The van der Waals surface area contributed by atoms with Gasteiger partial charge in [-0.25, -0.2) is 26.7 Å². The number of hydrogen-bond acceptors (Lipinski definition) is 4. The maximum atomic E-state index is 12.6. The summed E-state index contributed by atoms with van der Waals surface area (Å²) in [6.07, 6.45) is 0.361. The van der Waals surface area contributed by atoms with Crippen molar-refractivity contribution >= 4 is 43.2 Å². The second-order valence-corrected chi connectivity index (χ2v) is 9.83. The summed E-state index contributed by atoms with van der Waals surface area (Å²) >= 11 is 12.2. The van der Waals surface area contributed by atoms with Gasteiger partial charge in [-0.1, -0.05) is 35.3 Å². The van der Waals surface area contributed by atoms with Gasteiger partial charge in [0, 0.05) is 11.6 Å². The molecule has 0 saturated carbocycles. The van der Waals surface area contributed by atoms with Gasteiger partial charge in [-0.05, 0) is 55.2 Å². The van der Waals surface area contributed by atoms with E-state index in [2.05, 4.69) is 4.72 Å². The highest BCUT2D eigenvalue weighted by molar-refractivity contribution is 7.89. The lowest BCUT2D eigenvalue weighted by Gasteiger charge is -2.14. The van der Waals surface area contributed by atoms with Gasteiger partial charge >= 0.3 is 0 Å². The van der Waals surface area contributed by atoms with E-state index in [4.69, 9.17) is 28.3 Å². The molecule has 0 bridgehead atoms. The first kappa shape index (κ1) is 21.1. The van der Waals surface area contributed by atoms with Gasteiger partial charge < -0.3 is 0 Å². The van der Waals surface area contributed by atoms with Gasteiger partial charge in [-0.2, -0.15) is 0 Å². The largest absolute Gasteiger partial charge is 0.242 e. The molecule has 0 aliphatic heterocycles. The van der Waals surface area contributed by atoms with Crippen molar-refractivity contribution in [1.82, 2.24) is 4.72 Å². The minimum absolute atomic E-state index is 0.00126. The second-order valence-electron chi connectivity index (χ2n) is 5.78. The first-order valence-electron chi connectivity index (χ1n) is 7.50. The second kappa shape index (κ2) is 7.84. The molecule has 0 heterocycles. The molecular weight excluding hydrogens is 419 g/mol. The first-order chi connectivity index (χ1) is 11.9. The lowest BCUT2D eigenvalue weighted by Crippen LogP contribution is -2.27. The SMILES string of the molecule is Cc1cc(Cl)c(C)c(S(=O)(=O)NCCc2ccc(S(N)(=O)=O)cc2)c1Cl. The lowest BCUT2D eigenvalue weighted by molar-refractivity contribution is 0.581. The van der Waals surface area contributed by atoms with E-state index in [9.17, 15) is 16.8 Å². The normalized spacial score (nSPS) is 12.3. The molecule has 0 aliphatic rings. The van der Waals surface area contributed by atoms with Crippen LogP contribution in [0.2, 0.25) is 10.0 Å². The molecule has 2 rings (SSSR count). The highest BCUT2D eigenvalue weighted by Crippen LogP contribution is 2.33. The van der Waals surface area contributed by atoms with E-state index in [1.807, 2.05) is 0 Å². The summed E-state index contributed by atoms with van der Waals surface area (Å²) in [6.45, 7) is 3.38. The zero-order valence-electron chi connectivity index (χ0n) is 14.1. The molecule has 0 radical (unpaired) electrons. The van der Waals surface area contributed by atoms with Crippen molar-refractivity contribution in [3.05, 3.63) is 57.1 Å². The Balaban J connectivity index is 2.15. The average Bonchev–Trinajstić information content (AvgIpc) is 2.52. The minimum atomic E-state index is -3.85. The van der Waals surface area contributed by atoms with E-state index >= 15 is 0 Å². The number of nitrogens with one attached hydrogen (secondary N) is 1. The molecule has 6 nitrogen and oxygen atoms in total. The van der Waals surface area contributed by atoms with Crippen molar-refractivity contribution in [2.45, 2.75) is 30.1 Å². The molecule has 0 spiro atoms. The van der Waals surface area contributed by atoms with E-state index in [1.165, 1.54) is 12.1 Å². The Labute approximate surface area is 163 Å². The van der Waals surface area contributed by atoms with Crippen molar-refractivity contribution in [1.29, 1.82) is 0 Å². The number of sulfonamides is 2. The molecule has 142 valence electrons. The zero-order valence-corrected chi connectivity index (χ0v) is 17.2. The molecule has 0 aliphatic carbocycles. The fourth-order valence-corrected chi connectivity index (χ4v) is 5.14. The summed E-state index contributed by atoms with van der Waals surface area (Å²) in [5.74, 6) is 0. The number of rotatable bonds is 6. The molecule has 3 N–H and O–H groups in total. The summed E-state index contributed by atoms with van der Waals surface area (Å²) in [4.78, 5) is -0.0348. The maximum Gasteiger partial charge on any atom is 0.242 e. The molecule has 0 atom stereocenters. The molecule has 10 heteroatoms. The fraction of sp³-hybridized carbons (Fsp3) is 0.250. The van der Waals surface area contributed by atoms with E-state index in [1.54, 1.807) is 32.0 Å². The Morgan fingerprint density at radius 1 is 1.04 bits per heavy atom. The number of nitrogens with two attached hydrogens (primary N) is 1. The molecule has 2 aromatic rings. The van der Waals surface area contributed by atoms with Crippen LogP contribution in [0.25, 0.3) is 0 Å². The Bertz CT molecular complexity index is 1010. The van der Waals surface area contributed by atoms with Crippen LogP contribution < -0.4 is 9.86 Å². The number of primary sulfonamides is 1. The molecule has 0 unspecified atom stereocenters. The predicted molar refractivity (Wildman–Crippen MR) is 103 cm³/mol. The number of benzene rings is 2. The molecule has 0 aromatic heterocycles. The highest BCUT2D eigenvalue weighted by atomic mass is 35.5. The van der Waals surface area contributed by atoms with Crippen LogP contribution in [0.5, 0.6) is 0 Å². The first-order valence-corrected chi connectivity index (χ1v) is 11.3. The van der Waals surface area contributed by atoms with E-state index in [-0.39, 0.29) is 21.4 Å². The van der Waals surface area contributed by atoms with Crippen LogP contribution in [-0.2, 0) is 26.5 Å². The van der Waals surface area contributed by atoms with E-state index in [0.717, 1.165) is 5.56 Å². The molecule has 26 heavy (non-hydrogen) atoms. The van der Waals surface area contributed by atoms with Crippen molar-refractivity contribution in [2.75, 3.05) is 6.54 Å². The molecule has 0 fully saturated rings. The Hall–Kier alpha value is -1.16. The van der Waals surface area contributed by atoms with Crippen LogP contribution in [0.1, 0.15) is 16.7 Å². The third-order valence-corrected chi connectivity index (χ3v) is 7.37. The van der Waals surface area contributed by atoms with Gasteiger partial charge in [0.1, 0.15) is 4.90 Å². The van der Waals surface area contributed by atoms with Crippen LogP contribution in [0, 0.1) is 13.8 Å². The lowest BCUT2D eigenvalue weighted by atomic mass is 10.2. The topological polar surface area (TPSA) is 106 Å². The molecule has 0 amide bonds. The van der Waals surface area contributed by atoms with Gasteiger partial charge in [0.15, 0.2) is 0 Å².